The molecular weight excluding hydrogens is 414 g/mol. The molecule has 4 aromatic rings. The summed E-state index contributed by atoms with van der Waals surface area (Å²) in [5.74, 6) is 0.565. The molecule has 33 heavy (non-hydrogen) atoms. The fraction of sp³-hybridized carbons (Fsp3) is 0.320. The Hall–Kier alpha value is -3.81. The van der Waals surface area contributed by atoms with Crippen LogP contribution in [0.3, 0.4) is 0 Å². The number of rotatable bonds is 7. The van der Waals surface area contributed by atoms with Crippen molar-refractivity contribution in [1.82, 2.24) is 24.7 Å². The Morgan fingerprint density at radius 1 is 1.09 bits per heavy atom. The minimum atomic E-state index is -0.0935. The molecule has 4 rings (SSSR count). The third-order valence-electron chi connectivity index (χ3n) is 5.74. The molecule has 3 heterocycles. The van der Waals surface area contributed by atoms with Crippen LogP contribution in [-0.2, 0) is 17.8 Å². The van der Waals surface area contributed by atoms with Gasteiger partial charge >= 0.3 is 0 Å². The van der Waals surface area contributed by atoms with E-state index in [1.807, 2.05) is 62.0 Å². The van der Waals surface area contributed by atoms with Crippen LogP contribution in [-0.4, -0.2) is 30.6 Å². The highest BCUT2D eigenvalue weighted by atomic mass is 16.1. The van der Waals surface area contributed by atoms with Gasteiger partial charge in [-0.05, 0) is 69.5 Å². The number of benzene rings is 1. The Bertz CT molecular complexity index is 1310. The SMILES string of the molecule is CCn1cc2ncc(N[C@@H](C)c3cc(NC(=O)Cc4ccc(C)c(C)n4)ccc3C)nc2n1. The van der Waals surface area contributed by atoms with E-state index in [4.69, 9.17) is 0 Å². The molecule has 0 radical (unpaired) electrons. The van der Waals surface area contributed by atoms with E-state index < -0.39 is 0 Å². The first-order chi connectivity index (χ1) is 15.8. The number of hydrogen-bond acceptors (Lipinski definition) is 6. The van der Waals surface area contributed by atoms with E-state index in [1.165, 1.54) is 0 Å². The highest BCUT2D eigenvalue weighted by molar-refractivity contribution is 5.92. The van der Waals surface area contributed by atoms with Gasteiger partial charge in [0.15, 0.2) is 0 Å². The zero-order valence-corrected chi connectivity index (χ0v) is 19.7. The summed E-state index contributed by atoms with van der Waals surface area (Å²) in [7, 11) is 0. The monoisotopic (exact) mass is 443 g/mol. The predicted molar refractivity (Wildman–Crippen MR) is 130 cm³/mol. The van der Waals surface area contributed by atoms with Crippen molar-refractivity contribution >= 4 is 28.6 Å². The van der Waals surface area contributed by atoms with E-state index in [1.54, 1.807) is 6.20 Å². The number of pyridine rings is 1. The van der Waals surface area contributed by atoms with Gasteiger partial charge in [-0.2, -0.15) is 5.10 Å². The van der Waals surface area contributed by atoms with Gasteiger partial charge in [0.1, 0.15) is 11.3 Å². The van der Waals surface area contributed by atoms with Crippen LogP contribution in [0.25, 0.3) is 11.2 Å². The van der Waals surface area contributed by atoms with Crippen LogP contribution >= 0.6 is 0 Å². The number of nitrogens with zero attached hydrogens (tertiary/aromatic N) is 5. The lowest BCUT2D eigenvalue weighted by molar-refractivity contribution is -0.115. The number of aromatic nitrogens is 5. The first-order valence-electron chi connectivity index (χ1n) is 11.1. The van der Waals surface area contributed by atoms with Crippen molar-refractivity contribution in [3.05, 3.63) is 70.8 Å². The number of carbonyl (C=O) groups excluding carboxylic acids is 1. The van der Waals surface area contributed by atoms with E-state index >= 15 is 0 Å². The number of nitrogens with one attached hydrogen (secondary N) is 2. The highest BCUT2D eigenvalue weighted by Crippen LogP contribution is 2.25. The Morgan fingerprint density at radius 2 is 1.88 bits per heavy atom. The lowest BCUT2D eigenvalue weighted by Crippen LogP contribution is -2.16. The first kappa shape index (κ1) is 22.4. The van der Waals surface area contributed by atoms with Crippen molar-refractivity contribution in [3.8, 4) is 0 Å². The van der Waals surface area contributed by atoms with Crippen LogP contribution in [0.15, 0.2) is 42.7 Å². The summed E-state index contributed by atoms with van der Waals surface area (Å²) < 4.78 is 1.82. The number of hydrogen-bond donors (Lipinski definition) is 2. The van der Waals surface area contributed by atoms with Crippen LogP contribution in [0.5, 0.6) is 0 Å². The molecule has 8 heteroatoms. The molecule has 1 atom stereocenters. The maximum Gasteiger partial charge on any atom is 0.230 e. The number of carbonyl (C=O) groups is 1. The molecule has 0 aliphatic carbocycles. The molecule has 1 aromatic carbocycles. The van der Waals surface area contributed by atoms with Crippen molar-refractivity contribution in [2.45, 2.75) is 53.6 Å². The topological polar surface area (TPSA) is 97.6 Å². The number of aryl methyl sites for hydroxylation is 4. The average Bonchev–Trinajstić information content (AvgIpc) is 3.20. The highest BCUT2D eigenvalue weighted by Gasteiger charge is 2.13. The fourth-order valence-electron chi connectivity index (χ4n) is 3.71. The molecule has 3 aromatic heterocycles. The maximum absolute atomic E-state index is 12.6. The number of anilines is 2. The van der Waals surface area contributed by atoms with Gasteiger partial charge in [-0.1, -0.05) is 12.1 Å². The van der Waals surface area contributed by atoms with E-state index in [2.05, 4.69) is 44.5 Å². The van der Waals surface area contributed by atoms with E-state index in [-0.39, 0.29) is 18.4 Å². The largest absolute Gasteiger partial charge is 0.362 e. The van der Waals surface area contributed by atoms with E-state index in [0.717, 1.165) is 45.8 Å². The lowest BCUT2D eigenvalue weighted by Gasteiger charge is -2.18. The molecule has 170 valence electrons. The standard InChI is InChI=1S/C25H29N7O/c1-6-32-14-22-25(31-32)30-23(13-26-22)28-18(5)21-11-19(10-8-16(21)3)29-24(33)12-20-9-7-15(2)17(4)27-20/h7-11,13-14,18H,6,12H2,1-5H3,(H,29,33)(H,28,30,31)/t18-/m0/s1. The summed E-state index contributed by atoms with van der Waals surface area (Å²) in [5.41, 5.74) is 7.15. The zero-order valence-electron chi connectivity index (χ0n) is 19.7. The molecule has 0 bridgehead atoms. The average molecular weight is 444 g/mol. The van der Waals surface area contributed by atoms with Crippen molar-refractivity contribution < 1.29 is 4.79 Å². The molecule has 0 saturated carbocycles. The van der Waals surface area contributed by atoms with Crippen molar-refractivity contribution in [1.29, 1.82) is 0 Å². The Labute approximate surface area is 193 Å². The minimum absolute atomic E-state index is 0.0386. The normalized spacial score (nSPS) is 12.0. The molecule has 0 fully saturated rings. The van der Waals surface area contributed by atoms with Crippen molar-refractivity contribution in [2.75, 3.05) is 10.6 Å². The van der Waals surface area contributed by atoms with Crippen LogP contribution in [0, 0.1) is 20.8 Å². The molecule has 0 unspecified atom stereocenters. The van der Waals surface area contributed by atoms with Crippen LogP contribution in [0.2, 0.25) is 0 Å². The quantitative estimate of drug-likeness (QED) is 0.436. The summed E-state index contributed by atoms with van der Waals surface area (Å²) in [6.07, 6.45) is 3.84. The lowest BCUT2D eigenvalue weighted by atomic mass is 10.0. The second-order valence-corrected chi connectivity index (χ2v) is 8.32. The molecule has 1 amide bonds. The van der Waals surface area contributed by atoms with Gasteiger partial charge in [-0.15, -0.1) is 0 Å². The second kappa shape index (κ2) is 9.36. The molecule has 2 N–H and O–H groups in total. The van der Waals surface area contributed by atoms with Gasteiger partial charge in [-0.3, -0.25) is 14.5 Å². The zero-order chi connectivity index (χ0) is 23.5. The van der Waals surface area contributed by atoms with Crippen molar-refractivity contribution in [2.24, 2.45) is 0 Å². The summed E-state index contributed by atoms with van der Waals surface area (Å²) >= 11 is 0. The predicted octanol–water partition coefficient (Wildman–Crippen LogP) is 4.52. The molecule has 0 spiro atoms. The first-order valence-corrected chi connectivity index (χ1v) is 11.1. The summed E-state index contributed by atoms with van der Waals surface area (Å²) in [4.78, 5) is 26.1. The Kier molecular flexibility index (Phi) is 6.35. The maximum atomic E-state index is 12.6. The summed E-state index contributed by atoms with van der Waals surface area (Å²) in [5, 5.41) is 10.8. The van der Waals surface area contributed by atoms with Gasteiger partial charge < -0.3 is 10.6 Å². The van der Waals surface area contributed by atoms with Gasteiger partial charge in [0.05, 0.1) is 24.9 Å². The minimum Gasteiger partial charge on any atom is -0.362 e. The van der Waals surface area contributed by atoms with Crippen LogP contribution in [0.1, 0.15) is 48.0 Å². The van der Waals surface area contributed by atoms with Gasteiger partial charge in [0.25, 0.3) is 0 Å². The third-order valence-corrected chi connectivity index (χ3v) is 5.74. The Morgan fingerprint density at radius 3 is 2.64 bits per heavy atom. The van der Waals surface area contributed by atoms with E-state index in [0.29, 0.717) is 11.5 Å². The number of fused-ring (bicyclic) bond motifs is 1. The van der Waals surface area contributed by atoms with Gasteiger partial charge in [0.2, 0.25) is 11.6 Å². The fourth-order valence-corrected chi connectivity index (χ4v) is 3.71. The molecule has 8 nitrogen and oxygen atoms in total. The molecule has 0 saturated heterocycles. The van der Waals surface area contributed by atoms with Gasteiger partial charge in [-0.25, -0.2) is 9.97 Å². The number of amides is 1. The Balaban J connectivity index is 1.46. The van der Waals surface area contributed by atoms with E-state index in [9.17, 15) is 4.79 Å². The van der Waals surface area contributed by atoms with Crippen LogP contribution in [0.4, 0.5) is 11.5 Å². The molecule has 0 aliphatic heterocycles. The smallest absolute Gasteiger partial charge is 0.230 e. The molecular formula is C25H29N7O. The van der Waals surface area contributed by atoms with Crippen molar-refractivity contribution in [3.63, 3.8) is 0 Å². The second-order valence-electron chi connectivity index (χ2n) is 8.32. The summed E-state index contributed by atoms with van der Waals surface area (Å²) in [6, 6.07) is 9.78. The summed E-state index contributed by atoms with van der Waals surface area (Å²) in [6.45, 7) is 10.9. The third kappa shape index (κ3) is 5.16. The van der Waals surface area contributed by atoms with Crippen LogP contribution < -0.4 is 10.6 Å². The van der Waals surface area contributed by atoms with Gasteiger partial charge in [0, 0.05) is 23.6 Å². The molecule has 0 aliphatic rings.